The molecule has 8 heteroatoms. The van der Waals surface area contributed by atoms with E-state index in [4.69, 9.17) is 4.84 Å². The van der Waals surface area contributed by atoms with Gasteiger partial charge < -0.3 is 4.84 Å². The fourth-order valence-electron chi connectivity index (χ4n) is 3.63. The predicted octanol–water partition coefficient (Wildman–Crippen LogP) is 1.53. The highest BCUT2D eigenvalue weighted by molar-refractivity contribution is 6.32. The zero-order chi connectivity index (χ0) is 19.5. The van der Waals surface area contributed by atoms with Crippen LogP contribution in [-0.2, 0) is 21.5 Å². The number of rotatable bonds is 3. The average Bonchev–Trinajstić information content (AvgIpc) is 3.23. The van der Waals surface area contributed by atoms with Gasteiger partial charge in [-0.15, -0.1) is 0 Å². The summed E-state index contributed by atoms with van der Waals surface area (Å²) in [5, 5.41) is 8.40. The first kappa shape index (κ1) is 17.1. The van der Waals surface area contributed by atoms with E-state index in [1.807, 2.05) is 20.9 Å². The number of nitrogens with zero attached hydrogens (tertiary/aromatic N) is 4. The van der Waals surface area contributed by atoms with E-state index in [2.05, 4.69) is 10.3 Å². The summed E-state index contributed by atoms with van der Waals surface area (Å²) < 4.78 is 1.71. The second-order valence-corrected chi connectivity index (χ2v) is 6.76. The average molecular weight is 366 g/mol. The lowest BCUT2D eigenvalue weighted by molar-refractivity contribution is -0.126. The minimum absolute atomic E-state index is 0.0854. The van der Waals surface area contributed by atoms with Gasteiger partial charge in [-0.1, -0.05) is 5.16 Å². The molecule has 0 radical (unpaired) electrons. The standard InChI is InChI=1S/C19H18N4O4/c1-9-14(10(2)22(4)20-9)16-15-17(27-21-16)19(26)23(18(15)25)13-7-5-12(6-8-13)11(3)24/h5-8,15,17H,1-4H3. The summed E-state index contributed by atoms with van der Waals surface area (Å²) in [6.07, 6.45) is -0.973. The number of anilines is 1. The third-order valence-electron chi connectivity index (χ3n) is 5.11. The Bertz CT molecular complexity index is 1020. The van der Waals surface area contributed by atoms with Gasteiger partial charge in [0.25, 0.3) is 5.91 Å². The number of aromatic nitrogens is 2. The largest absolute Gasteiger partial charge is 0.381 e. The molecule has 2 amide bonds. The van der Waals surface area contributed by atoms with E-state index in [0.29, 0.717) is 17.0 Å². The van der Waals surface area contributed by atoms with Crippen molar-refractivity contribution in [3.8, 4) is 0 Å². The number of oxime groups is 1. The van der Waals surface area contributed by atoms with Crippen LogP contribution in [0.25, 0.3) is 0 Å². The zero-order valence-corrected chi connectivity index (χ0v) is 15.4. The molecular formula is C19H18N4O4. The molecule has 27 heavy (non-hydrogen) atoms. The van der Waals surface area contributed by atoms with Gasteiger partial charge in [0.05, 0.1) is 11.4 Å². The molecule has 0 saturated carbocycles. The van der Waals surface area contributed by atoms with E-state index in [1.165, 1.54) is 6.92 Å². The Morgan fingerprint density at radius 3 is 2.33 bits per heavy atom. The first-order valence-corrected chi connectivity index (χ1v) is 8.54. The minimum Gasteiger partial charge on any atom is -0.381 e. The van der Waals surface area contributed by atoms with E-state index < -0.39 is 17.9 Å². The van der Waals surface area contributed by atoms with Crippen LogP contribution in [0.2, 0.25) is 0 Å². The Labute approximate surface area is 155 Å². The second-order valence-electron chi connectivity index (χ2n) is 6.76. The van der Waals surface area contributed by atoms with Gasteiger partial charge in [-0.2, -0.15) is 5.10 Å². The molecule has 3 heterocycles. The van der Waals surface area contributed by atoms with E-state index in [9.17, 15) is 14.4 Å². The zero-order valence-electron chi connectivity index (χ0n) is 15.4. The van der Waals surface area contributed by atoms with E-state index in [0.717, 1.165) is 21.9 Å². The Kier molecular flexibility index (Phi) is 3.73. The smallest absolute Gasteiger partial charge is 0.278 e. The van der Waals surface area contributed by atoms with Crippen LogP contribution in [0.1, 0.15) is 34.2 Å². The van der Waals surface area contributed by atoms with Crippen molar-refractivity contribution in [2.24, 2.45) is 18.1 Å². The molecule has 1 aromatic carbocycles. The van der Waals surface area contributed by atoms with Crippen LogP contribution >= 0.6 is 0 Å². The molecule has 0 aliphatic carbocycles. The van der Waals surface area contributed by atoms with Crippen LogP contribution in [0.3, 0.4) is 0 Å². The topological polar surface area (TPSA) is 93.9 Å². The molecule has 4 rings (SSSR count). The van der Waals surface area contributed by atoms with Gasteiger partial charge in [0.2, 0.25) is 12.0 Å². The van der Waals surface area contributed by atoms with Crippen LogP contribution < -0.4 is 4.90 Å². The lowest BCUT2D eigenvalue weighted by Crippen LogP contribution is -2.33. The first-order chi connectivity index (χ1) is 12.8. The Hall–Kier alpha value is -3.29. The summed E-state index contributed by atoms with van der Waals surface area (Å²) >= 11 is 0. The molecule has 8 nitrogen and oxygen atoms in total. The number of imide groups is 1. The number of Topliss-reactive ketones (excluding diaryl/α,β-unsaturated/α-hetero) is 1. The molecule has 2 unspecified atom stereocenters. The van der Waals surface area contributed by atoms with Gasteiger partial charge in [0.15, 0.2) is 5.78 Å². The van der Waals surface area contributed by atoms with Crippen LogP contribution in [0.4, 0.5) is 5.69 Å². The van der Waals surface area contributed by atoms with E-state index >= 15 is 0 Å². The molecule has 0 spiro atoms. The van der Waals surface area contributed by atoms with Gasteiger partial charge in [0, 0.05) is 23.9 Å². The maximum absolute atomic E-state index is 13.1. The molecule has 0 bridgehead atoms. The predicted molar refractivity (Wildman–Crippen MR) is 96.5 cm³/mol. The molecule has 2 atom stereocenters. The van der Waals surface area contributed by atoms with Gasteiger partial charge >= 0.3 is 0 Å². The van der Waals surface area contributed by atoms with Crippen molar-refractivity contribution in [2.45, 2.75) is 26.9 Å². The third kappa shape index (κ3) is 2.40. The Balaban J connectivity index is 1.71. The van der Waals surface area contributed by atoms with E-state index in [1.54, 1.807) is 28.9 Å². The highest BCUT2D eigenvalue weighted by Gasteiger charge is 2.56. The van der Waals surface area contributed by atoms with Crippen molar-refractivity contribution in [3.63, 3.8) is 0 Å². The van der Waals surface area contributed by atoms with Crippen molar-refractivity contribution < 1.29 is 19.2 Å². The Morgan fingerprint density at radius 1 is 1.11 bits per heavy atom. The van der Waals surface area contributed by atoms with Crippen molar-refractivity contribution in [1.29, 1.82) is 0 Å². The summed E-state index contributed by atoms with van der Waals surface area (Å²) in [4.78, 5) is 43.8. The summed E-state index contributed by atoms with van der Waals surface area (Å²) in [6.45, 7) is 5.17. The van der Waals surface area contributed by atoms with Crippen LogP contribution in [0.15, 0.2) is 29.4 Å². The number of carbonyl (C=O) groups excluding carboxylic acids is 3. The monoisotopic (exact) mass is 366 g/mol. The number of hydrogen-bond acceptors (Lipinski definition) is 6. The molecule has 1 saturated heterocycles. The molecule has 2 aliphatic rings. The molecule has 2 aromatic rings. The number of benzene rings is 1. The molecule has 138 valence electrons. The van der Waals surface area contributed by atoms with Crippen LogP contribution in [0.5, 0.6) is 0 Å². The van der Waals surface area contributed by atoms with Crippen molar-refractivity contribution in [2.75, 3.05) is 4.90 Å². The Morgan fingerprint density at radius 2 is 1.78 bits per heavy atom. The maximum atomic E-state index is 13.1. The number of carbonyl (C=O) groups is 3. The number of fused-ring (bicyclic) bond motifs is 1. The van der Waals surface area contributed by atoms with E-state index in [-0.39, 0.29) is 11.7 Å². The maximum Gasteiger partial charge on any atom is 0.278 e. The van der Waals surface area contributed by atoms with Crippen LogP contribution in [-0.4, -0.2) is 39.2 Å². The van der Waals surface area contributed by atoms with Gasteiger partial charge in [-0.3, -0.25) is 19.1 Å². The van der Waals surface area contributed by atoms with Crippen molar-refractivity contribution in [3.05, 3.63) is 46.8 Å². The third-order valence-corrected chi connectivity index (χ3v) is 5.11. The molecule has 2 aliphatic heterocycles. The molecular weight excluding hydrogens is 348 g/mol. The molecule has 0 N–H and O–H groups in total. The van der Waals surface area contributed by atoms with Gasteiger partial charge in [0.1, 0.15) is 11.6 Å². The quantitative estimate of drug-likeness (QED) is 0.607. The summed E-state index contributed by atoms with van der Waals surface area (Å²) in [7, 11) is 1.81. The molecule has 1 fully saturated rings. The lowest BCUT2D eigenvalue weighted by Gasteiger charge is -2.15. The summed E-state index contributed by atoms with van der Waals surface area (Å²) in [6, 6.07) is 6.37. The summed E-state index contributed by atoms with van der Waals surface area (Å²) in [5.74, 6) is -1.73. The number of ketones is 1. The number of hydrogen-bond donors (Lipinski definition) is 0. The van der Waals surface area contributed by atoms with Gasteiger partial charge in [-0.05, 0) is 45.0 Å². The fraction of sp³-hybridized carbons (Fsp3) is 0.316. The second kappa shape index (κ2) is 5.87. The van der Waals surface area contributed by atoms with Crippen molar-refractivity contribution in [1.82, 2.24) is 9.78 Å². The highest BCUT2D eigenvalue weighted by atomic mass is 16.6. The normalized spacial score (nSPS) is 21.3. The first-order valence-electron chi connectivity index (χ1n) is 8.54. The lowest BCUT2D eigenvalue weighted by atomic mass is 9.93. The van der Waals surface area contributed by atoms with Gasteiger partial charge in [-0.25, -0.2) is 4.90 Å². The fourth-order valence-corrected chi connectivity index (χ4v) is 3.63. The summed E-state index contributed by atoms with van der Waals surface area (Å²) in [5.41, 5.74) is 3.66. The highest BCUT2D eigenvalue weighted by Crippen LogP contribution is 2.36. The van der Waals surface area contributed by atoms with Crippen molar-refractivity contribution >= 4 is 29.0 Å². The van der Waals surface area contributed by atoms with Crippen LogP contribution in [0, 0.1) is 19.8 Å². The SMILES string of the molecule is CC(=O)c1ccc(N2C(=O)C3ON=C(c4c(C)nn(C)c4C)C3C2=O)cc1. The minimum atomic E-state index is -0.973. The number of aryl methyl sites for hydroxylation is 2. The molecule has 1 aromatic heterocycles. The number of amides is 2.